The fourth-order valence-electron chi connectivity index (χ4n) is 2.22. The minimum atomic E-state index is -0.222. The first kappa shape index (κ1) is 9.93. The van der Waals surface area contributed by atoms with Gasteiger partial charge in [-0.15, -0.1) is 0 Å². The lowest BCUT2D eigenvalue weighted by molar-refractivity contribution is -0.122. The lowest BCUT2D eigenvalue weighted by atomic mass is 9.99. The number of hydrogen-bond acceptors (Lipinski definition) is 3. The molecule has 4 heteroatoms. The fourth-order valence-corrected chi connectivity index (χ4v) is 2.22. The highest BCUT2D eigenvalue weighted by Crippen LogP contribution is 2.22. The number of amides is 1. The Balaban J connectivity index is 1.84. The van der Waals surface area contributed by atoms with Crippen LogP contribution in [0.4, 0.5) is 0 Å². The Kier molecular flexibility index (Phi) is 2.49. The van der Waals surface area contributed by atoms with Gasteiger partial charge in [0.05, 0.1) is 6.61 Å². The molecule has 2 unspecified atom stereocenters. The van der Waals surface area contributed by atoms with Gasteiger partial charge in [0.25, 0.3) is 0 Å². The zero-order valence-electron chi connectivity index (χ0n) is 8.80. The average molecular weight is 198 g/mol. The molecule has 0 aliphatic carbocycles. The predicted molar refractivity (Wildman–Crippen MR) is 52.7 cm³/mol. The van der Waals surface area contributed by atoms with E-state index >= 15 is 0 Å². The highest BCUT2D eigenvalue weighted by atomic mass is 16.5. The van der Waals surface area contributed by atoms with Gasteiger partial charge in [0, 0.05) is 18.5 Å². The number of ether oxygens (including phenoxy) is 1. The third-order valence-electron chi connectivity index (χ3n) is 2.93. The van der Waals surface area contributed by atoms with E-state index in [1.165, 1.54) is 0 Å². The van der Waals surface area contributed by atoms with E-state index in [1.807, 2.05) is 13.8 Å². The molecule has 0 spiro atoms. The Morgan fingerprint density at radius 3 is 2.86 bits per heavy atom. The van der Waals surface area contributed by atoms with Crippen LogP contribution in [0.15, 0.2) is 0 Å². The maximum Gasteiger partial charge on any atom is 0.223 e. The molecule has 0 aromatic rings. The molecule has 2 rings (SSSR count). The normalized spacial score (nSPS) is 36.0. The largest absolute Gasteiger partial charge is 0.360 e. The van der Waals surface area contributed by atoms with Gasteiger partial charge in [-0.25, -0.2) is 0 Å². The summed E-state index contributed by atoms with van der Waals surface area (Å²) < 4.78 is 5.56. The van der Waals surface area contributed by atoms with Crippen molar-refractivity contribution in [2.75, 3.05) is 13.2 Å². The SMILES string of the molecule is CC1(C)NC(CC2CCNC2=O)CO1. The minimum Gasteiger partial charge on any atom is -0.360 e. The molecular weight excluding hydrogens is 180 g/mol. The van der Waals surface area contributed by atoms with Crippen molar-refractivity contribution in [2.24, 2.45) is 5.92 Å². The summed E-state index contributed by atoms with van der Waals surface area (Å²) >= 11 is 0. The van der Waals surface area contributed by atoms with Gasteiger partial charge in [0.2, 0.25) is 5.91 Å². The molecule has 2 N–H and O–H groups in total. The van der Waals surface area contributed by atoms with E-state index in [4.69, 9.17) is 4.74 Å². The lowest BCUT2D eigenvalue weighted by Crippen LogP contribution is -2.39. The Morgan fingerprint density at radius 2 is 2.36 bits per heavy atom. The standard InChI is InChI=1S/C10H18N2O2/c1-10(2)12-8(6-14-10)5-7-3-4-11-9(7)13/h7-8,12H,3-6H2,1-2H3,(H,11,13). The van der Waals surface area contributed by atoms with Gasteiger partial charge in [0.1, 0.15) is 5.72 Å². The molecule has 2 aliphatic heterocycles. The minimum absolute atomic E-state index is 0.185. The highest BCUT2D eigenvalue weighted by molar-refractivity contribution is 5.80. The van der Waals surface area contributed by atoms with Crippen molar-refractivity contribution in [3.05, 3.63) is 0 Å². The Hall–Kier alpha value is -0.610. The van der Waals surface area contributed by atoms with Crippen LogP contribution in [0.3, 0.4) is 0 Å². The molecule has 2 heterocycles. The van der Waals surface area contributed by atoms with Crippen LogP contribution in [0.25, 0.3) is 0 Å². The molecule has 14 heavy (non-hydrogen) atoms. The van der Waals surface area contributed by atoms with Crippen LogP contribution in [0.2, 0.25) is 0 Å². The number of nitrogens with one attached hydrogen (secondary N) is 2. The Morgan fingerprint density at radius 1 is 1.57 bits per heavy atom. The number of rotatable bonds is 2. The average Bonchev–Trinajstić information content (AvgIpc) is 2.61. The van der Waals surface area contributed by atoms with Gasteiger partial charge in [-0.1, -0.05) is 0 Å². The van der Waals surface area contributed by atoms with Crippen LogP contribution in [0.5, 0.6) is 0 Å². The van der Waals surface area contributed by atoms with E-state index in [0.717, 1.165) is 26.0 Å². The molecular formula is C10H18N2O2. The summed E-state index contributed by atoms with van der Waals surface area (Å²) in [6.45, 7) is 5.58. The van der Waals surface area contributed by atoms with Crippen molar-refractivity contribution in [3.63, 3.8) is 0 Å². The van der Waals surface area contributed by atoms with Crippen molar-refractivity contribution in [3.8, 4) is 0 Å². The highest BCUT2D eigenvalue weighted by Gasteiger charge is 2.34. The molecule has 80 valence electrons. The van der Waals surface area contributed by atoms with E-state index in [0.29, 0.717) is 6.04 Å². The Labute approximate surface area is 84.4 Å². The van der Waals surface area contributed by atoms with Crippen LogP contribution < -0.4 is 10.6 Å². The molecule has 0 radical (unpaired) electrons. The van der Waals surface area contributed by atoms with Crippen molar-refractivity contribution in [1.82, 2.24) is 10.6 Å². The molecule has 2 aliphatic rings. The zero-order chi connectivity index (χ0) is 10.2. The molecule has 0 saturated carbocycles. The van der Waals surface area contributed by atoms with Crippen molar-refractivity contribution < 1.29 is 9.53 Å². The summed E-state index contributed by atoms with van der Waals surface area (Å²) in [4.78, 5) is 11.3. The zero-order valence-corrected chi connectivity index (χ0v) is 8.80. The summed E-state index contributed by atoms with van der Waals surface area (Å²) in [5.41, 5.74) is -0.222. The van der Waals surface area contributed by atoms with Gasteiger partial charge in [-0.05, 0) is 26.7 Å². The maximum absolute atomic E-state index is 11.3. The molecule has 0 aromatic carbocycles. The molecule has 0 bridgehead atoms. The summed E-state index contributed by atoms with van der Waals surface area (Å²) in [6, 6.07) is 0.332. The maximum atomic E-state index is 11.3. The molecule has 2 atom stereocenters. The number of carbonyl (C=O) groups is 1. The lowest BCUT2D eigenvalue weighted by Gasteiger charge is -2.19. The van der Waals surface area contributed by atoms with E-state index in [9.17, 15) is 4.79 Å². The quantitative estimate of drug-likeness (QED) is 0.668. The van der Waals surface area contributed by atoms with Crippen molar-refractivity contribution in [1.29, 1.82) is 0 Å². The number of hydrogen-bond donors (Lipinski definition) is 2. The van der Waals surface area contributed by atoms with E-state index < -0.39 is 0 Å². The van der Waals surface area contributed by atoms with E-state index in [-0.39, 0.29) is 17.6 Å². The Bertz CT molecular complexity index is 240. The van der Waals surface area contributed by atoms with E-state index in [1.54, 1.807) is 0 Å². The van der Waals surface area contributed by atoms with E-state index in [2.05, 4.69) is 10.6 Å². The monoisotopic (exact) mass is 198 g/mol. The van der Waals surface area contributed by atoms with Crippen LogP contribution >= 0.6 is 0 Å². The van der Waals surface area contributed by atoms with Crippen LogP contribution in [0.1, 0.15) is 26.7 Å². The van der Waals surface area contributed by atoms with Gasteiger partial charge >= 0.3 is 0 Å². The third-order valence-corrected chi connectivity index (χ3v) is 2.93. The van der Waals surface area contributed by atoms with Gasteiger partial charge in [-0.3, -0.25) is 10.1 Å². The predicted octanol–water partition coefficient (Wildman–Crippen LogP) is 0.237. The molecule has 0 aromatic heterocycles. The molecule has 2 fully saturated rings. The molecule has 2 saturated heterocycles. The van der Waals surface area contributed by atoms with Crippen molar-refractivity contribution >= 4 is 5.91 Å². The smallest absolute Gasteiger partial charge is 0.223 e. The first-order chi connectivity index (χ1) is 6.57. The number of carbonyl (C=O) groups excluding carboxylic acids is 1. The van der Waals surface area contributed by atoms with Gasteiger partial charge in [-0.2, -0.15) is 0 Å². The topological polar surface area (TPSA) is 50.4 Å². The first-order valence-electron chi connectivity index (χ1n) is 5.26. The summed E-state index contributed by atoms with van der Waals surface area (Å²) in [5, 5.41) is 6.23. The fraction of sp³-hybridized carbons (Fsp3) is 0.900. The molecule has 1 amide bonds. The van der Waals surface area contributed by atoms with Crippen LogP contribution in [0, 0.1) is 5.92 Å². The van der Waals surface area contributed by atoms with Gasteiger partial charge < -0.3 is 10.1 Å². The molecule has 4 nitrogen and oxygen atoms in total. The summed E-state index contributed by atoms with van der Waals surface area (Å²) in [7, 11) is 0. The second-order valence-electron chi connectivity index (χ2n) is 4.67. The van der Waals surface area contributed by atoms with Crippen LogP contribution in [-0.2, 0) is 9.53 Å². The summed E-state index contributed by atoms with van der Waals surface area (Å²) in [6.07, 6.45) is 1.87. The third kappa shape index (κ3) is 2.07. The second kappa shape index (κ2) is 3.51. The van der Waals surface area contributed by atoms with Gasteiger partial charge in [0.15, 0.2) is 0 Å². The van der Waals surface area contributed by atoms with Crippen molar-refractivity contribution in [2.45, 2.75) is 38.5 Å². The first-order valence-corrected chi connectivity index (χ1v) is 5.26. The van der Waals surface area contributed by atoms with Crippen LogP contribution in [-0.4, -0.2) is 30.8 Å². The summed E-state index contributed by atoms with van der Waals surface area (Å²) in [5.74, 6) is 0.390. The second-order valence-corrected chi connectivity index (χ2v) is 4.67.